The molecular weight excluding hydrogens is 294 g/mol. The van der Waals surface area contributed by atoms with Crippen molar-refractivity contribution in [2.24, 2.45) is 0 Å². The number of thioether (sulfide) groups is 1. The largest absolute Gasteiger partial charge is 0.469 e. The van der Waals surface area contributed by atoms with Crippen molar-refractivity contribution in [1.82, 2.24) is 0 Å². The van der Waals surface area contributed by atoms with Gasteiger partial charge in [0.05, 0.1) is 13.0 Å². The van der Waals surface area contributed by atoms with Gasteiger partial charge in [-0.3, -0.25) is 4.79 Å². The van der Waals surface area contributed by atoms with Gasteiger partial charge in [-0.2, -0.15) is 0 Å². The van der Waals surface area contributed by atoms with Crippen molar-refractivity contribution < 1.29 is 18.3 Å². The van der Waals surface area contributed by atoms with Crippen LogP contribution in [0.15, 0.2) is 53.4 Å². The monoisotopic (exact) mass is 308 g/mol. The maximum absolute atomic E-state index is 13.6. The lowest BCUT2D eigenvalue weighted by Crippen LogP contribution is -2.16. The van der Waals surface area contributed by atoms with Crippen LogP contribution in [0, 0.1) is 11.6 Å². The summed E-state index contributed by atoms with van der Waals surface area (Å²) in [6.07, 6.45) is 0. The highest BCUT2D eigenvalue weighted by molar-refractivity contribution is 7.99. The molecule has 0 N–H and O–H groups in total. The topological polar surface area (TPSA) is 26.3 Å². The number of rotatable bonds is 5. The molecule has 110 valence electrons. The third-order valence-corrected chi connectivity index (χ3v) is 4.13. The third-order valence-electron chi connectivity index (χ3n) is 2.99. The zero-order valence-corrected chi connectivity index (χ0v) is 12.2. The van der Waals surface area contributed by atoms with Crippen LogP contribution in [0.5, 0.6) is 0 Å². The molecule has 0 saturated carbocycles. The molecule has 2 nitrogen and oxygen atoms in total. The van der Waals surface area contributed by atoms with Crippen molar-refractivity contribution in [2.45, 2.75) is 10.8 Å². The molecule has 2 aromatic carbocycles. The van der Waals surface area contributed by atoms with Crippen molar-refractivity contribution in [1.29, 1.82) is 0 Å². The van der Waals surface area contributed by atoms with E-state index in [-0.39, 0.29) is 5.97 Å². The summed E-state index contributed by atoms with van der Waals surface area (Å²) < 4.78 is 31.3. The molecular formula is C16H14F2O2S. The summed E-state index contributed by atoms with van der Waals surface area (Å²) >= 11 is 1.16. The van der Waals surface area contributed by atoms with Crippen LogP contribution in [0.1, 0.15) is 11.5 Å². The predicted octanol–water partition coefficient (Wildman–Crippen LogP) is 4.01. The number of hydrogen-bond acceptors (Lipinski definition) is 3. The summed E-state index contributed by atoms with van der Waals surface area (Å²) in [5.74, 6) is -1.80. The van der Waals surface area contributed by atoms with Crippen LogP contribution < -0.4 is 0 Å². The first-order chi connectivity index (χ1) is 10.1. The first-order valence-electron chi connectivity index (χ1n) is 6.32. The van der Waals surface area contributed by atoms with Crippen molar-refractivity contribution >= 4 is 17.7 Å². The molecule has 2 aromatic rings. The molecule has 0 bridgehead atoms. The average Bonchev–Trinajstić information content (AvgIpc) is 2.50. The highest BCUT2D eigenvalue weighted by Gasteiger charge is 2.22. The van der Waals surface area contributed by atoms with E-state index in [0.717, 1.165) is 23.4 Å². The van der Waals surface area contributed by atoms with Gasteiger partial charge in [-0.05, 0) is 17.7 Å². The molecule has 0 amide bonds. The summed E-state index contributed by atoms with van der Waals surface area (Å²) in [6.45, 7) is 0. The second kappa shape index (κ2) is 7.22. The smallest absolute Gasteiger partial charge is 0.313 e. The number of benzene rings is 2. The number of halogens is 2. The van der Waals surface area contributed by atoms with Crippen LogP contribution >= 0.6 is 11.8 Å². The lowest BCUT2D eigenvalue weighted by molar-refractivity contribution is -0.141. The summed E-state index contributed by atoms with van der Waals surface area (Å²) in [5, 5.41) is 0. The van der Waals surface area contributed by atoms with Gasteiger partial charge < -0.3 is 4.74 Å². The number of ether oxygens (including phenoxy) is 1. The molecule has 0 fully saturated rings. The molecule has 0 radical (unpaired) electrons. The molecule has 1 atom stereocenters. The fourth-order valence-electron chi connectivity index (χ4n) is 1.89. The first-order valence-corrected chi connectivity index (χ1v) is 7.31. The number of hydrogen-bond donors (Lipinski definition) is 0. The quantitative estimate of drug-likeness (QED) is 0.616. The number of methoxy groups -OCH3 is 1. The van der Waals surface area contributed by atoms with E-state index in [1.165, 1.54) is 19.2 Å². The van der Waals surface area contributed by atoms with Gasteiger partial charge in [0.25, 0.3) is 0 Å². The molecule has 0 aliphatic rings. The minimum absolute atomic E-state index is 0.307. The summed E-state index contributed by atoms with van der Waals surface area (Å²) in [4.78, 5) is 12.2. The van der Waals surface area contributed by atoms with E-state index in [4.69, 9.17) is 4.74 Å². The SMILES string of the molecule is COC(=O)C(CSc1ccc(F)cc1F)c1ccccc1. The number of esters is 1. The molecule has 0 aromatic heterocycles. The lowest BCUT2D eigenvalue weighted by Gasteiger charge is -2.14. The Labute approximate surface area is 126 Å². The Morgan fingerprint density at radius 3 is 2.52 bits per heavy atom. The van der Waals surface area contributed by atoms with Gasteiger partial charge in [-0.15, -0.1) is 11.8 Å². The molecule has 0 aliphatic heterocycles. The van der Waals surface area contributed by atoms with Crippen LogP contribution in [0.3, 0.4) is 0 Å². The summed E-state index contributed by atoms with van der Waals surface area (Å²) in [5.41, 5.74) is 0.805. The Bertz CT molecular complexity index is 617. The average molecular weight is 308 g/mol. The fraction of sp³-hybridized carbons (Fsp3) is 0.188. The maximum atomic E-state index is 13.6. The molecule has 0 saturated heterocycles. The Morgan fingerprint density at radius 1 is 1.19 bits per heavy atom. The van der Waals surface area contributed by atoms with Crippen LogP contribution in [-0.4, -0.2) is 18.8 Å². The van der Waals surface area contributed by atoms with Gasteiger partial charge in [-0.1, -0.05) is 30.3 Å². The predicted molar refractivity (Wildman–Crippen MR) is 78.3 cm³/mol. The van der Waals surface area contributed by atoms with Crippen molar-refractivity contribution in [3.05, 3.63) is 65.7 Å². The molecule has 1 unspecified atom stereocenters. The van der Waals surface area contributed by atoms with Gasteiger partial charge in [0.1, 0.15) is 11.6 Å². The van der Waals surface area contributed by atoms with Gasteiger partial charge in [-0.25, -0.2) is 8.78 Å². The second-order valence-corrected chi connectivity index (χ2v) is 5.43. The third kappa shape index (κ3) is 4.04. The highest BCUT2D eigenvalue weighted by atomic mass is 32.2. The Kier molecular flexibility index (Phi) is 5.33. The van der Waals surface area contributed by atoms with Gasteiger partial charge in [0.15, 0.2) is 0 Å². The highest BCUT2D eigenvalue weighted by Crippen LogP contribution is 2.29. The zero-order valence-electron chi connectivity index (χ0n) is 11.4. The molecule has 5 heteroatoms. The van der Waals surface area contributed by atoms with Crippen LogP contribution in [0.2, 0.25) is 0 Å². The van der Waals surface area contributed by atoms with Crippen molar-refractivity contribution in [3.8, 4) is 0 Å². The van der Waals surface area contributed by atoms with E-state index in [2.05, 4.69) is 0 Å². The Morgan fingerprint density at radius 2 is 1.90 bits per heavy atom. The molecule has 0 spiro atoms. The normalized spacial score (nSPS) is 12.0. The second-order valence-electron chi connectivity index (χ2n) is 4.37. The number of carbonyl (C=O) groups is 1. The van der Waals surface area contributed by atoms with Gasteiger partial charge >= 0.3 is 5.97 Å². The van der Waals surface area contributed by atoms with Crippen LogP contribution in [0.25, 0.3) is 0 Å². The van der Waals surface area contributed by atoms with E-state index >= 15 is 0 Å². The minimum atomic E-state index is -0.628. The van der Waals surface area contributed by atoms with Crippen molar-refractivity contribution in [3.63, 3.8) is 0 Å². The first kappa shape index (κ1) is 15.5. The standard InChI is InChI=1S/C16H14F2O2S/c1-20-16(19)13(11-5-3-2-4-6-11)10-21-15-8-7-12(17)9-14(15)18/h2-9,13H,10H2,1H3. The summed E-state index contributed by atoms with van der Waals surface area (Å²) in [7, 11) is 1.32. The lowest BCUT2D eigenvalue weighted by atomic mass is 10.0. The van der Waals surface area contributed by atoms with Crippen LogP contribution in [-0.2, 0) is 9.53 Å². The van der Waals surface area contributed by atoms with E-state index in [1.807, 2.05) is 30.3 Å². The molecule has 21 heavy (non-hydrogen) atoms. The number of carbonyl (C=O) groups excluding carboxylic acids is 1. The zero-order chi connectivity index (χ0) is 15.2. The van der Waals surface area contributed by atoms with Gasteiger partial charge in [0.2, 0.25) is 0 Å². The molecule has 2 rings (SSSR count). The molecule has 0 aliphatic carbocycles. The van der Waals surface area contributed by atoms with Crippen LogP contribution in [0.4, 0.5) is 8.78 Å². The van der Waals surface area contributed by atoms with Crippen molar-refractivity contribution in [2.75, 3.05) is 12.9 Å². The van der Waals surface area contributed by atoms with E-state index in [1.54, 1.807) is 0 Å². The molecule has 0 heterocycles. The van der Waals surface area contributed by atoms with E-state index in [0.29, 0.717) is 10.6 Å². The van der Waals surface area contributed by atoms with E-state index in [9.17, 15) is 13.6 Å². The fourth-order valence-corrected chi connectivity index (χ4v) is 2.93. The Hall–Kier alpha value is -1.88. The minimum Gasteiger partial charge on any atom is -0.469 e. The van der Waals surface area contributed by atoms with Gasteiger partial charge in [0, 0.05) is 16.7 Å². The summed E-state index contributed by atoms with van der Waals surface area (Å²) in [6, 6.07) is 12.5. The Balaban J connectivity index is 2.15. The van der Waals surface area contributed by atoms with E-state index < -0.39 is 17.6 Å². The maximum Gasteiger partial charge on any atom is 0.313 e.